The Balaban J connectivity index is 1.47. The lowest BCUT2D eigenvalue weighted by atomic mass is 9.81. The average molecular weight is 623 g/mol. The zero-order valence-electron chi connectivity index (χ0n) is 26.6. The highest BCUT2D eigenvalue weighted by atomic mass is 32.2. The van der Waals surface area contributed by atoms with E-state index in [4.69, 9.17) is 5.73 Å². The Bertz CT molecular complexity index is 1210. The number of carbonyl (C=O) groups excluding carboxylic acids is 3. The van der Waals surface area contributed by atoms with Crippen LogP contribution in [0.1, 0.15) is 69.6 Å². The third-order valence-electron chi connectivity index (χ3n) is 8.17. The van der Waals surface area contributed by atoms with E-state index in [1.54, 1.807) is 11.8 Å². The normalized spacial score (nSPS) is 18.3. The molecule has 1 aliphatic rings. The van der Waals surface area contributed by atoms with Crippen LogP contribution in [0.2, 0.25) is 0 Å². The fourth-order valence-corrected chi connectivity index (χ4v) is 6.12. The second kappa shape index (κ2) is 18.4. The molecule has 0 unspecified atom stereocenters. The lowest BCUT2D eigenvalue weighted by molar-refractivity contribution is -0.126. The maximum Gasteiger partial charge on any atom is 0.335 e. The number of hydrogen-bond acceptors (Lipinski definition) is 6. The highest BCUT2D eigenvalue weighted by molar-refractivity contribution is 7.99. The first-order valence-electron chi connectivity index (χ1n) is 15.8. The molecule has 0 saturated heterocycles. The number of aryl methyl sites for hydroxylation is 1. The van der Waals surface area contributed by atoms with Crippen LogP contribution in [0, 0.1) is 24.7 Å². The van der Waals surface area contributed by atoms with Crippen molar-refractivity contribution in [2.45, 2.75) is 84.2 Å². The molecule has 0 heterocycles. The van der Waals surface area contributed by atoms with Gasteiger partial charge in [0.25, 0.3) is 0 Å². The largest absolute Gasteiger partial charge is 0.352 e. The summed E-state index contributed by atoms with van der Waals surface area (Å²) in [5.41, 5.74) is 12.9. The van der Waals surface area contributed by atoms with Crippen LogP contribution in [0.4, 0.5) is 4.79 Å². The molecular formula is C34H50N6O3S. The van der Waals surface area contributed by atoms with Gasteiger partial charge in [0.2, 0.25) is 11.8 Å². The van der Waals surface area contributed by atoms with Crippen molar-refractivity contribution in [1.82, 2.24) is 21.4 Å². The van der Waals surface area contributed by atoms with Gasteiger partial charge in [-0.1, -0.05) is 80.9 Å². The van der Waals surface area contributed by atoms with Crippen LogP contribution in [0.3, 0.4) is 0 Å². The molecule has 0 aromatic heterocycles. The van der Waals surface area contributed by atoms with E-state index in [1.165, 1.54) is 11.1 Å². The zero-order chi connectivity index (χ0) is 31.9. The molecule has 6 N–H and O–H groups in total. The first kappa shape index (κ1) is 35.1. The second-order valence-corrected chi connectivity index (χ2v) is 13.0. The first-order valence-corrected chi connectivity index (χ1v) is 16.9. The Hall–Kier alpha value is -3.37. The SMILES string of the molecule is CC[C@H](NC(=O)[C@@H](N)C(C)C)/C(CSCc1ccccc1)=N/NC(=O)NCC1CCC(C(=O)NCc2ccc(C)cc2)CC1. The zero-order valence-corrected chi connectivity index (χ0v) is 27.4. The summed E-state index contributed by atoms with van der Waals surface area (Å²) in [6, 6.07) is 17.0. The highest BCUT2D eigenvalue weighted by Crippen LogP contribution is 2.28. The Morgan fingerprint density at radius 3 is 2.27 bits per heavy atom. The van der Waals surface area contributed by atoms with Crippen molar-refractivity contribution in [3.05, 3.63) is 71.3 Å². The minimum atomic E-state index is -0.618. The first-order chi connectivity index (χ1) is 21.2. The number of nitrogens with zero attached hydrogens (tertiary/aromatic N) is 1. The van der Waals surface area contributed by atoms with Crippen molar-refractivity contribution >= 4 is 35.3 Å². The number of thioether (sulfide) groups is 1. The predicted octanol–water partition coefficient (Wildman–Crippen LogP) is 4.88. The van der Waals surface area contributed by atoms with Crippen LogP contribution in [-0.4, -0.2) is 47.9 Å². The van der Waals surface area contributed by atoms with Crippen molar-refractivity contribution in [1.29, 1.82) is 0 Å². The molecule has 1 aliphatic carbocycles. The van der Waals surface area contributed by atoms with Gasteiger partial charge in [-0.05, 0) is 62.0 Å². The lowest BCUT2D eigenvalue weighted by Gasteiger charge is -2.28. The summed E-state index contributed by atoms with van der Waals surface area (Å²) in [5, 5.41) is 13.5. The van der Waals surface area contributed by atoms with E-state index in [2.05, 4.69) is 50.7 Å². The summed E-state index contributed by atoms with van der Waals surface area (Å²) in [7, 11) is 0. The number of amides is 4. The molecule has 10 heteroatoms. The quantitative estimate of drug-likeness (QED) is 0.142. The Labute approximate surface area is 267 Å². The van der Waals surface area contributed by atoms with Gasteiger partial charge < -0.3 is 21.7 Å². The van der Waals surface area contributed by atoms with Crippen molar-refractivity contribution in [2.24, 2.45) is 28.6 Å². The van der Waals surface area contributed by atoms with Crippen LogP contribution in [0.5, 0.6) is 0 Å². The van der Waals surface area contributed by atoms with Gasteiger partial charge in [0.15, 0.2) is 0 Å². The number of benzene rings is 2. The summed E-state index contributed by atoms with van der Waals surface area (Å²) in [4.78, 5) is 38.1. The van der Waals surface area contributed by atoms with Crippen LogP contribution >= 0.6 is 11.8 Å². The molecule has 0 bridgehead atoms. The van der Waals surface area contributed by atoms with Gasteiger partial charge in [-0.25, -0.2) is 10.2 Å². The fourth-order valence-electron chi connectivity index (χ4n) is 5.12. The van der Waals surface area contributed by atoms with Gasteiger partial charge >= 0.3 is 6.03 Å². The molecule has 2 aromatic carbocycles. The average Bonchev–Trinajstić information content (AvgIpc) is 3.04. The van der Waals surface area contributed by atoms with Crippen molar-refractivity contribution in [3.8, 4) is 0 Å². The van der Waals surface area contributed by atoms with Crippen molar-refractivity contribution in [2.75, 3.05) is 12.3 Å². The van der Waals surface area contributed by atoms with E-state index in [1.807, 2.05) is 58.0 Å². The summed E-state index contributed by atoms with van der Waals surface area (Å²) in [5.74, 6) is 1.54. The molecule has 240 valence electrons. The number of hydrogen-bond donors (Lipinski definition) is 5. The van der Waals surface area contributed by atoms with Gasteiger partial charge in [0, 0.05) is 30.5 Å². The number of hydrazone groups is 1. The van der Waals surface area contributed by atoms with E-state index in [9.17, 15) is 14.4 Å². The summed E-state index contributed by atoms with van der Waals surface area (Å²) in [6.45, 7) is 8.91. The maximum absolute atomic E-state index is 12.7. The molecule has 1 fully saturated rings. The molecule has 9 nitrogen and oxygen atoms in total. The number of nitrogens with one attached hydrogen (secondary N) is 4. The molecule has 2 aromatic rings. The number of nitrogens with two attached hydrogens (primary N) is 1. The molecule has 3 rings (SSSR count). The summed E-state index contributed by atoms with van der Waals surface area (Å²) >= 11 is 1.68. The monoisotopic (exact) mass is 622 g/mol. The summed E-state index contributed by atoms with van der Waals surface area (Å²) < 4.78 is 0. The molecule has 44 heavy (non-hydrogen) atoms. The van der Waals surface area contributed by atoms with Crippen LogP contribution in [0.15, 0.2) is 59.7 Å². The second-order valence-electron chi connectivity index (χ2n) is 12.1. The van der Waals surface area contributed by atoms with Crippen LogP contribution < -0.4 is 27.1 Å². The van der Waals surface area contributed by atoms with Crippen molar-refractivity contribution < 1.29 is 14.4 Å². The minimum Gasteiger partial charge on any atom is -0.352 e. The summed E-state index contributed by atoms with van der Waals surface area (Å²) in [6.07, 6.45) is 4.00. The van der Waals surface area contributed by atoms with E-state index in [0.29, 0.717) is 36.9 Å². The standard InChI is InChI=1S/C34H50N6O3S/c1-5-29(38-33(42)31(35)23(2)3)30(22-44-21-27-9-7-6-8-10-27)39-40-34(43)37-20-26-15-17-28(18-16-26)32(41)36-19-25-13-11-24(4)12-14-25/h6-14,23,26,28-29,31H,5,15-22,35H2,1-4H3,(H,36,41)(H,38,42)(H2,37,40,43)/b39-30+/t26?,28?,29-,31-/m0/s1. The van der Waals surface area contributed by atoms with Crippen LogP contribution in [-0.2, 0) is 21.9 Å². The lowest BCUT2D eigenvalue weighted by Crippen LogP contribution is -2.51. The Kier molecular flexibility index (Phi) is 14.7. The van der Waals surface area contributed by atoms with E-state index in [-0.39, 0.29) is 35.7 Å². The fraction of sp³-hybridized carbons (Fsp3) is 0.529. The molecule has 0 aliphatic heterocycles. The van der Waals surface area contributed by atoms with E-state index in [0.717, 1.165) is 37.0 Å². The Morgan fingerprint density at radius 2 is 1.64 bits per heavy atom. The number of rotatable bonds is 15. The van der Waals surface area contributed by atoms with E-state index < -0.39 is 6.04 Å². The van der Waals surface area contributed by atoms with Gasteiger partial charge in [0.1, 0.15) is 0 Å². The third-order valence-corrected chi connectivity index (χ3v) is 9.20. The molecular weight excluding hydrogens is 572 g/mol. The van der Waals surface area contributed by atoms with E-state index >= 15 is 0 Å². The van der Waals surface area contributed by atoms with Gasteiger partial charge in [-0.2, -0.15) is 16.9 Å². The molecule has 0 radical (unpaired) electrons. The maximum atomic E-state index is 12.7. The number of urea groups is 1. The third kappa shape index (κ3) is 12.0. The Morgan fingerprint density at radius 1 is 0.955 bits per heavy atom. The molecule has 4 amide bonds. The van der Waals surface area contributed by atoms with Gasteiger partial charge in [0.05, 0.1) is 17.8 Å². The highest BCUT2D eigenvalue weighted by Gasteiger charge is 2.27. The smallest absolute Gasteiger partial charge is 0.335 e. The molecule has 0 spiro atoms. The van der Waals surface area contributed by atoms with Gasteiger partial charge in [-0.15, -0.1) is 0 Å². The number of carbonyl (C=O) groups is 3. The van der Waals surface area contributed by atoms with Crippen molar-refractivity contribution in [3.63, 3.8) is 0 Å². The molecule has 1 saturated carbocycles. The minimum absolute atomic E-state index is 0.00683. The topological polar surface area (TPSA) is 138 Å². The predicted molar refractivity (Wildman–Crippen MR) is 180 cm³/mol. The van der Waals surface area contributed by atoms with Crippen LogP contribution in [0.25, 0.3) is 0 Å². The van der Waals surface area contributed by atoms with Gasteiger partial charge in [-0.3, -0.25) is 9.59 Å². The molecule has 2 atom stereocenters.